The number of ether oxygens (including phenoxy) is 1. The lowest BCUT2D eigenvalue weighted by Gasteiger charge is -2.43. The molecule has 6 aromatic carbocycles. The Hall–Kier alpha value is -5.66. The highest BCUT2D eigenvalue weighted by molar-refractivity contribution is 14.1. The molecule has 0 bridgehead atoms. The SMILES string of the molecule is C.CC.COC(=O)C(CC#N)(c1ccccc1)N(Cc1ccccc1)Cc1ccccc1.N#CCI.NCCC(CO)(c1ccccc1)N(Cc1ccccc1)Cc1ccccc1. The standard InChI is InChI=1S/C25H24N2O2.C24H28N2O.C2H2IN.C2H6.CH4/c1-29-24(28)25(17-18-26,23-15-9-4-10-16-23)27(19-21-11-5-2-6-12-21)20-22-13-7-3-8-14-22;25-17-16-24(20-27,23-14-8-3-9-15-23)26(18-21-10-4-1-5-11-21)19-22-12-6-2-7-13-22;3-1-2-4;1-2;/h2-16H,17,19-20H2,1H3;1-15,27H,16-20,25H2;1H2;1-2H3;1H4. The van der Waals surface area contributed by atoms with Gasteiger partial charge in [0, 0.05) is 26.2 Å². The second kappa shape index (κ2) is 30.4. The maximum atomic E-state index is 13.2. The molecule has 0 aromatic heterocycles. The minimum Gasteiger partial charge on any atom is -0.467 e. The zero-order valence-corrected chi connectivity index (χ0v) is 38.3. The van der Waals surface area contributed by atoms with Crippen molar-refractivity contribution in [1.82, 2.24) is 9.80 Å². The molecular weight excluding hydrogens is 894 g/mol. The predicted octanol–water partition coefficient (Wildman–Crippen LogP) is 11.2. The van der Waals surface area contributed by atoms with Crippen LogP contribution < -0.4 is 5.73 Å². The number of rotatable bonds is 17. The summed E-state index contributed by atoms with van der Waals surface area (Å²) in [6, 6.07) is 64.6. The third-order valence-electron chi connectivity index (χ3n) is 10.3. The van der Waals surface area contributed by atoms with Gasteiger partial charge in [0.1, 0.15) is 0 Å². The number of nitrogens with zero attached hydrogens (tertiary/aromatic N) is 4. The van der Waals surface area contributed by atoms with E-state index in [1.807, 2.05) is 169 Å². The molecule has 6 rings (SSSR count). The molecule has 330 valence electrons. The van der Waals surface area contributed by atoms with Crippen molar-refractivity contribution in [2.45, 2.75) is 71.4 Å². The first-order valence-corrected chi connectivity index (χ1v) is 22.4. The number of alkyl halides is 1. The molecule has 2 atom stereocenters. The van der Waals surface area contributed by atoms with E-state index in [1.54, 1.807) is 0 Å². The maximum Gasteiger partial charge on any atom is 0.332 e. The number of hydrogen-bond acceptors (Lipinski definition) is 8. The van der Waals surface area contributed by atoms with E-state index in [2.05, 4.69) is 71.6 Å². The van der Waals surface area contributed by atoms with Crippen LogP contribution in [0.5, 0.6) is 0 Å². The van der Waals surface area contributed by atoms with E-state index in [0.717, 1.165) is 35.3 Å². The Kier molecular flexibility index (Phi) is 25.8. The van der Waals surface area contributed by atoms with Gasteiger partial charge in [-0.2, -0.15) is 10.5 Å². The van der Waals surface area contributed by atoms with E-state index in [4.69, 9.17) is 15.7 Å². The van der Waals surface area contributed by atoms with Crippen LogP contribution in [0.1, 0.15) is 67.5 Å². The third kappa shape index (κ3) is 15.9. The highest BCUT2D eigenvalue weighted by Gasteiger charge is 2.47. The first kappa shape index (κ1) is 53.5. The molecule has 0 aliphatic heterocycles. The van der Waals surface area contributed by atoms with Gasteiger partial charge in [0.25, 0.3) is 0 Å². The first-order chi connectivity index (χ1) is 30.4. The summed E-state index contributed by atoms with van der Waals surface area (Å²) in [6.07, 6.45) is 0.677. The second-order valence-corrected chi connectivity index (χ2v) is 14.9. The quantitative estimate of drug-likeness (QED) is 0.0526. The van der Waals surface area contributed by atoms with Crippen LogP contribution in [0.4, 0.5) is 0 Å². The molecule has 0 radical (unpaired) electrons. The maximum absolute atomic E-state index is 13.2. The van der Waals surface area contributed by atoms with Gasteiger partial charge in [-0.1, -0.05) is 226 Å². The molecule has 6 aromatic rings. The van der Waals surface area contributed by atoms with Crippen LogP contribution in [0.2, 0.25) is 0 Å². The van der Waals surface area contributed by atoms with E-state index < -0.39 is 17.0 Å². The number of nitriles is 2. The van der Waals surface area contributed by atoms with Crippen molar-refractivity contribution in [3.05, 3.63) is 215 Å². The lowest BCUT2D eigenvalue weighted by atomic mass is 9.84. The van der Waals surface area contributed by atoms with Gasteiger partial charge < -0.3 is 15.6 Å². The molecule has 0 aliphatic rings. The lowest BCUT2D eigenvalue weighted by molar-refractivity contribution is -0.157. The molecule has 63 heavy (non-hydrogen) atoms. The van der Waals surface area contributed by atoms with Crippen molar-refractivity contribution < 1.29 is 14.6 Å². The summed E-state index contributed by atoms with van der Waals surface area (Å²) in [4.78, 5) is 17.6. The molecule has 2 unspecified atom stereocenters. The van der Waals surface area contributed by atoms with Crippen molar-refractivity contribution in [3.63, 3.8) is 0 Å². The van der Waals surface area contributed by atoms with Gasteiger partial charge in [-0.15, -0.1) is 0 Å². The molecule has 8 nitrogen and oxygen atoms in total. The number of esters is 1. The molecular formula is C54H64IN5O3. The zero-order chi connectivity index (χ0) is 44.9. The molecule has 0 fully saturated rings. The van der Waals surface area contributed by atoms with Crippen molar-refractivity contribution in [3.8, 4) is 12.1 Å². The van der Waals surface area contributed by atoms with Gasteiger partial charge >= 0.3 is 5.97 Å². The topological polar surface area (TPSA) is 127 Å². The Balaban J connectivity index is 0.000000381. The predicted molar refractivity (Wildman–Crippen MR) is 266 cm³/mol. The van der Waals surface area contributed by atoms with Gasteiger partial charge in [-0.05, 0) is 46.3 Å². The Morgan fingerprint density at radius 3 is 1.21 bits per heavy atom. The largest absolute Gasteiger partial charge is 0.467 e. The Labute approximate surface area is 390 Å². The number of aliphatic hydroxyl groups is 1. The number of aliphatic hydroxyl groups excluding tert-OH is 1. The van der Waals surface area contributed by atoms with Crippen LogP contribution in [0.3, 0.4) is 0 Å². The highest BCUT2D eigenvalue weighted by atomic mass is 127. The smallest absolute Gasteiger partial charge is 0.332 e. The summed E-state index contributed by atoms with van der Waals surface area (Å²) < 4.78 is 5.84. The van der Waals surface area contributed by atoms with Crippen LogP contribution >= 0.6 is 22.6 Å². The number of methoxy groups -OCH3 is 1. The molecule has 0 saturated heterocycles. The summed E-state index contributed by atoms with van der Waals surface area (Å²) in [7, 11) is 1.38. The summed E-state index contributed by atoms with van der Waals surface area (Å²) in [5, 5.41) is 27.9. The van der Waals surface area contributed by atoms with Gasteiger partial charge in [0.2, 0.25) is 0 Å². The fraction of sp³-hybridized carbons (Fsp3) is 0.278. The number of carbonyl (C=O) groups excluding carboxylic acids is 1. The lowest BCUT2D eigenvalue weighted by Crippen LogP contribution is -2.51. The van der Waals surface area contributed by atoms with Gasteiger partial charge in [-0.3, -0.25) is 9.80 Å². The monoisotopic (exact) mass is 957 g/mol. The Bertz CT molecular complexity index is 2090. The van der Waals surface area contributed by atoms with Crippen LogP contribution in [0, 0.1) is 22.7 Å². The molecule has 0 aliphatic carbocycles. The van der Waals surface area contributed by atoms with Gasteiger partial charge in [0.05, 0.1) is 42.2 Å². The van der Waals surface area contributed by atoms with Crippen molar-refractivity contribution in [1.29, 1.82) is 10.5 Å². The Morgan fingerprint density at radius 2 is 0.921 bits per heavy atom. The molecule has 3 N–H and O–H groups in total. The first-order valence-electron chi connectivity index (χ1n) is 20.9. The molecule has 0 heterocycles. The molecule has 0 amide bonds. The average molecular weight is 958 g/mol. The molecule has 9 heteroatoms. The van der Waals surface area contributed by atoms with Crippen molar-refractivity contribution in [2.75, 3.05) is 24.7 Å². The van der Waals surface area contributed by atoms with Crippen molar-refractivity contribution >= 4 is 28.6 Å². The van der Waals surface area contributed by atoms with Crippen LogP contribution in [-0.2, 0) is 46.8 Å². The van der Waals surface area contributed by atoms with E-state index in [1.165, 1.54) is 18.2 Å². The number of carbonyl (C=O) groups is 1. The van der Waals surface area contributed by atoms with Crippen LogP contribution in [-0.4, -0.2) is 45.6 Å². The average Bonchev–Trinajstić information content (AvgIpc) is 3.34. The van der Waals surface area contributed by atoms with E-state index >= 15 is 0 Å². The summed E-state index contributed by atoms with van der Waals surface area (Å²) >= 11 is 1.99. The minimum absolute atomic E-state index is 0. The number of nitrogens with two attached hydrogens (primary N) is 1. The fourth-order valence-electron chi connectivity index (χ4n) is 7.35. The van der Waals surface area contributed by atoms with E-state index in [0.29, 0.717) is 30.5 Å². The molecule has 0 saturated carbocycles. The molecule has 0 spiro atoms. The summed E-state index contributed by atoms with van der Waals surface area (Å²) in [5.74, 6) is -0.433. The second-order valence-electron chi connectivity index (χ2n) is 14.1. The number of benzene rings is 6. The number of hydrogen-bond donors (Lipinski definition) is 2. The minimum atomic E-state index is -1.21. The van der Waals surface area contributed by atoms with Gasteiger partial charge in [-0.25, -0.2) is 4.79 Å². The van der Waals surface area contributed by atoms with Gasteiger partial charge in [0.15, 0.2) is 5.54 Å². The van der Waals surface area contributed by atoms with E-state index in [-0.39, 0.29) is 20.5 Å². The van der Waals surface area contributed by atoms with Crippen molar-refractivity contribution in [2.24, 2.45) is 5.73 Å². The van der Waals surface area contributed by atoms with Crippen LogP contribution in [0.25, 0.3) is 0 Å². The summed E-state index contributed by atoms with van der Waals surface area (Å²) in [6.45, 7) is 7.02. The number of halogens is 1. The fourth-order valence-corrected chi connectivity index (χ4v) is 7.35. The third-order valence-corrected chi connectivity index (χ3v) is 10.7. The van der Waals surface area contributed by atoms with E-state index in [9.17, 15) is 15.2 Å². The Morgan fingerprint density at radius 1 is 0.603 bits per heavy atom. The van der Waals surface area contributed by atoms with Crippen LogP contribution in [0.15, 0.2) is 182 Å². The normalized spacial score (nSPS) is 12.0. The highest BCUT2D eigenvalue weighted by Crippen LogP contribution is 2.37. The summed E-state index contributed by atoms with van der Waals surface area (Å²) in [5.41, 5.74) is 10.7. The zero-order valence-electron chi connectivity index (χ0n) is 36.2.